The molecule has 4 heteroatoms. The van der Waals surface area contributed by atoms with Crippen molar-refractivity contribution in [2.45, 2.75) is 25.7 Å². The molecule has 3 N–H and O–H groups in total. The minimum Gasteiger partial charge on any atom is -0.508 e. The summed E-state index contributed by atoms with van der Waals surface area (Å²) in [7, 11) is 0. The van der Waals surface area contributed by atoms with Crippen molar-refractivity contribution in [2.24, 2.45) is 5.73 Å². The fourth-order valence-electron chi connectivity index (χ4n) is 1.97. The van der Waals surface area contributed by atoms with Gasteiger partial charge in [0.15, 0.2) is 11.5 Å². The molecule has 0 radical (unpaired) electrons. The molecule has 1 aromatic rings. The zero-order valence-corrected chi connectivity index (χ0v) is 9.95. The lowest BCUT2D eigenvalue weighted by molar-refractivity contribution is 0.295. The van der Waals surface area contributed by atoms with Gasteiger partial charge in [-0.3, -0.25) is 0 Å². The van der Waals surface area contributed by atoms with E-state index >= 15 is 0 Å². The summed E-state index contributed by atoms with van der Waals surface area (Å²) in [4.78, 5) is 0. The van der Waals surface area contributed by atoms with E-state index in [4.69, 9.17) is 15.2 Å². The van der Waals surface area contributed by atoms with Crippen molar-refractivity contribution in [3.05, 3.63) is 17.7 Å². The smallest absolute Gasteiger partial charge is 0.168 e. The van der Waals surface area contributed by atoms with Crippen LogP contribution in [0.1, 0.15) is 24.8 Å². The number of unbranched alkanes of at least 4 members (excludes halogenated alkanes) is 1. The van der Waals surface area contributed by atoms with Crippen molar-refractivity contribution in [3.8, 4) is 17.2 Å². The number of hydrogen-bond donors (Lipinski definition) is 2. The summed E-state index contributed by atoms with van der Waals surface area (Å²) in [6.45, 7) is 1.98. The van der Waals surface area contributed by atoms with Crippen molar-refractivity contribution in [3.63, 3.8) is 0 Å². The number of hydrogen-bond acceptors (Lipinski definition) is 4. The van der Waals surface area contributed by atoms with Crippen molar-refractivity contribution in [2.75, 3.05) is 19.8 Å². The summed E-state index contributed by atoms with van der Waals surface area (Å²) in [5.74, 6) is 1.73. The Hall–Kier alpha value is -1.42. The number of rotatable bonds is 4. The van der Waals surface area contributed by atoms with E-state index in [1.54, 1.807) is 12.1 Å². The maximum atomic E-state index is 9.89. The Morgan fingerprint density at radius 1 is 1.18 bits per heavy atom. The Morgan fingerprint density at radius 2 is 2.00 bits per heavy atom. The van der Waals surface area contributed by atoms with Crippen LogP contribution in [0, 0.1) is 0 Å². The van der Waals surface area contributed by atoms with Crippen LogP contribution in [0.3, 0.4) is 0 Å². The van der Waals surface area contributed by atoms with Gasteiger partial charge in [0.25, 0.3) is 0 Å². The Bertz CT molecular complexity index is 379. The number of phenols is 1. The summed E-state index contributed by atoms with van der Waals surface area (Å²) < 4.78 is 11.3. The van der Waals surface area contributed by atoms with Gasteiger partial charge in [-0.2, -0.15) is 0 Å². The predicted molar refractivity (Wildman–Crippen MR) is 65.7 cm³/mol. The zero-order valence-electron chi connectivity index (χ0n) is 9.95. The first-order valence-corrected chi connectivity index (χ1v) is 6.13. The topological polar surface area (TPSA) is 64.7 Å². The van der Waals surface area contributed by atoms with Crippen molar-refractivity contribution >= 4 is 0 Å². The van der Waals surface area contributed by atoms with Gasteiger partial charge in [0, 0.05) is 12.0 Å². The molecule has 2 rings (SSSR count). The van der Waals surface area contributed by atoms with E-state index in [1.807, 2.05) is 0 Å². The van der Waals surface area contributed by atoms with Crippen LogP contribution in [-0.2, 0) is 6.42 Å². The first kappa shape index (κ1) is 12.0. The van der Waals surface area contributed by atoms with Gasteiger partial charge in [-0.15, -0.1) is 0 Å². The number of benzene rings is 1. The van der Waals surface area contributed by atoms with Crippen molar-refractivity contribution < 1.29 is 14.6 Å². The van der Waals surface area contributed by atoms with E-state index < -0.39 is 0 Å². The Labute approximate surface area is 101 Å². The first-order chi connectivity index (χ1) is 8.33. The second kappa shape index (κ2) is 5.77. The van der Waals surface area contributed by atoms with Crippen LogP contribution in [0.2, 0.25) is 0 Å². The summed E-state index contributed by atoms with van der Waals surface area (Å²) in [6.07, 6.45) is 3.54. The SMILES string of the molecule is NCCCCc1c(O)ccc2c1OCCCO2. The lowest BCUT2D eigenvalue weighted by Gasteiger charge is -2.13. The van der Waals surface area contributed by atoms with Gasteiger partial charge in [0.2, 0.25) is 0 Å². The van der Waals surface area contributed by atoms with Crippen molar-refractivity contribution in [1.29, 1.82) is 0 Å². The molecule has 0 fully saturated rings. The van der Waals surface area contributed by atoms with Gasteiger partial charge in [-0.05, 0) is 37.9 Å². The molecule has 17 heavy (non-hydrogen) atoms. The van der Waals surface area contributed by atoms with Crippen LogP contribution in [-0.4, -0.2) is 24.9 Å². The molecule has 1 aliphatic heterocycles. The number of phenolic OH excluding ortho intramolecular Hbond substituents is 1. The summed E-state index contributed by atoms with van der Waals surface area (Å²) in [6, 6.07) is 3.44. The molecule has 1 aliphatic rings. The monoisotopic (exact) mass is 237 g/mol. The van der Waals surface area contributed by atoms with Crippen LogP contribution < -0.4 is 15.2 Å². The highest BCUT2D eigenvalue weighted by atomic mass is 16.5. The molecular formula is C13H19NO3. The minimum atomic E-state index is 0.284. The normalized spacial score (nSPS) is 14.4. The third-order valence-corrected chi connectivity index (χ3v) is 2.87. The molecule has 1 aromatic carbocycles. The third-order valence-electron chi connectivity index (χ3n) is 2.87. The fraction of sp³-hybridized carbons (Fsp3) is 0.538. The van der Waals surface area contributed by atoms with E-state index in [0.717, 1.165) is 37.0 Å². The van der Waals surface area contributed by atoms with Crippen LogP contribution in [0.4, 0.5) is 0 Å². The van der Waals surface area contributed by atoms with Crippen LogP contribution in [0.15, 0.2) is 12.1 Å². The lowest BCUT2D eigenvalue weighted by Crippen LogP contribution is -2.01. The van der Waals surface area contributed by atoms with Gasteiger partial charge >= 0.3 is 0 Å². The highest BCUT2D eigenvalue weighted by Crippen LogP contribution is 2.39. The molecule has 0 aromatic heterocycles. The molecule has 0 aliphatic carbocycles. The average molecular weight is 237 g/mol. The number of ether oxygens (including phenoxy) is 2. The Kier molecular flexibility index (Phi) is 4.09. The van der Waals surface area contributed by atoms with Crippen LogP contribution in [0.5, 0.6) is 17.2 Å². The first-order valence-electron chi connectivity index (χ1n) is 6.13. The molecule has 0 unspecified atom stereocenters. The van der Waals surface area contributed by atoms with E-state index in [-0.39, 0.29) is 5.75 Å². The summed E-state index contributed by atoms with van der Waals surface area (Å²) >= 11 is 0. The number of aromatic hydroxyl groups is 1. The average Bonchev–Trinajstić information content (AvgIpc) is 2.57. The molecule has 0 atom stereocenters. The van der Waals surface area contributed by atoms with Gasteiger partial charge in [-0.1, -0.05) is 0 Å². The van der Waals surface area contributed by atoms with Gasteiger partial charge < -0.3 is 20.3 Å². The predicted octanol–water partition coefficient (Wildman–Crippen LogP) is 1.83. The van der Waals surface area contributed by atoms with Gasteiger partial charge in [-0.25, -0.2) is 0 Å². The van der Waals surface area contributed by atoms with Gasteiger partial charge in [0.1, 0.15) is 5.75 Å². The second-order valence-corrected chi connectivity index (χ2v) is 4.19. The second-order valence-electron chi connectivity index (χ2n) is 4.19. The van der Waals surface area contributed by atoms with E-state index in [0.29, 0.717) is 25.5 Å². The highest BCUT2D eigenvalue weighted by Gasteiger charge is 2.17. The van der Waals surface area contributed by atoms with E-state index in [2.05, 4.69) is 0 Å². The van der Waals surface area contributed by atoms with E-state index in [9.17, 15) is 5.11 Å². The molecule has 0 spiro atoms. The maximum absolute atomic E-state index is 9.89. The number of fused-ring (bicyclic) bond motifs is 1. The van der Waals surface area contributed by atoms with Crippen LogP contribution >= 0.6 is 0 Å². The molecular weight excluding hydrogens is 218 g/mol. The summed E-state index contributed by atoms with van der Waals surface area (Å²) in [5, 5.41) is 9.89. The van der Waals surface area contributed by atoms with Crippen molar-refractivity contribution in [1.82, 2.24) is 0 Å². The Balaban J connectivity index is 2.22. The molecule has 94 valence electrons. The van der Waals surface area contributed by atoms with Gasteiger partial charge in [0.05, 0.1) is 13.2 Å². The molecule has 1 heterocycles. The molecule has 0 saturated heterocycles. The largest absolute Gasteiger partial charge is 0.508 e. The highest BCUT2D eigenvalue weighted by molar-refractivity contribution is 5.53. The lowest BCUT2D eigenvalue weighted by atomic mass is 10.1. The Morgan fingerprint density at radius 3 is 2.82 bits per heavy atom. The maximum Gasteiger partial charge on any atom is 0.168 e. The van der Waals surface area contributed by atoms with E-state index in [1.165, 1.54) is 0 Å². The standard InChI is InChI=1S/C13H19NO3/c14-7-2-1-4-10-11(15)5-6-12-13(10)17-9-3-8-16-12/h5-6,15H,1-4,7-9,14H2. The van der Waals surface area contributed by atoms with Crippen LogP contribution in [0.25, 0.3) is 0 Å². The zero-order chi connectivity index (χ0) is 12.1. The molecule has 4 nitrogen and oxygen atoms in total. The third kappa shape index (κ3) is 2.82. The number of nitrogens with two attached hydrogens (primary N) is 1. The summed E-state index contributed by atoms with van der Waals surface area (Å²) in [5.41, 5.74) is 6.32. The quantitative estimate of drug-likeness (QED) is 0.784. The minimum absolute atomic E-state index is 0.284. The molecule has 0 bridgehead atoms. The fourth-order valence-corrected chi connectivity index (χ4v) is 1.97. The molecule has 0 saturated carbocycles. The molecule has 0 amide bonds.